The van der Waals surface area contributed by atoms with Gasteiger partial charge in [-0.15, -0.1) is 21.5 Å². The zero-order valence-corrected chi connectivity index (χ0v) is 24.0. The third-order valence-electron chi connectivity index (χ3n) is 6.70. The third-order valence-corrected chi connectivity index (χ3v) is 8.67. The summed E-state index contributed by atoms with van der Waals surface area (Å²) in [4.78, 5) is 17.5. The Morgan fingerprint density at radius 3 is 2.33 bits per heavy atom. The molecule has 1 amide bonds. The highest BCUT2D eigenvalue weighted by molar-refractivity contribution is 7.98. The van der Waals surface area contributed by atoms with E-state index < -0.39 is 5.82 Å². The number of para-hydroxylation sites is 1. The van der Waals surface area contributed by atoms with Gasteiger partial charge in [0.05, 0.1) is 17.7 Å². The Morgan fingerprint density at radius 2 is 1.64 bits per heavy atom. The number of hydrogen-bond donors (Lipinski definition) is 1. The molecule has 3 heterocycles. The van der Waals surface area contributed by atoms with Gasteiger partial charge in [0.15, 0.2) is 10.9 Å². The molecule has 6 aromatic rings. The van der Waals surface area contributed by atoms with Gasteiger partial charge in [-0.25, -0.2) is 9.37 Å². The molecule has 7 nitrogen and oxygen atoms in total. The SMILES string of the molecule is O=C(NCCC(c1ccccc1)c1ccccc1)c1csc(CSc2nnc(-c3ccco3)n2-c2ccccc2F)n1. The Balaban J connectivity index is 1.11. The van der Waals surface area contributed by atoms with Gasteiger partial charge >= 0.3 is 0 Å². The van der Waals surface area contributed by atoms with Crippen LogP contribution in [0.25, 0.3) is 17.3 Å². The maximum Gasteiger partial charge on any atom is 0.270 e. The van der Waals surface area contributed by atoms with Crippen LogP contribution in [-0.2, 0) is 5.75 Å². The van der Waals surface area contributed by atoms with Gasteiger partial charge in [-0.1, -0.05) is 84.6 Å². The number of rotatable bonds is 11. The maximum atomic E-state index is 14.8. The molecule has 0 aliphatic rings. The number of nitrogens with zero attached hydrogens (tertiary/aromatic N) is 4. The molecule has 10 heteroatoms. The number of carbonyl (C=O) groups is 1. The van der Waals surface area contributed by atoms with E-state index in [1.54, 1.807) is 40.3 Å². The van der Waals surface area contributed by atoms with E-state index in [-0.39, 0.29) is 11.8 Å². The monoisotopic (exact) mass is 595 g/mol. The fourth-order valence-corrected chi connectivity index (χ4v) is 6.44. The molecule has 0 unspecified atom stereocenters. The summed E-state index contributed by atoms with van der Waals surface area (Å²) >= 11 is 2.76. The van der Waals surface area contributed by atoms with E-state index in [0.29, 0.717) is 40.4 Å². The Hall–Kier alpha value is -4.54. The van der Waals surface area contributed by atoms with Crippen LogP contribution in [-0.4, -0.2) is 32.2 Å². The van der Waals surface area contributed by atoms with Crippen LogP contribution >= 0.6 is 23.1 Å². The number of thiazole rings is 1. The predicted octanol–water partition coefficient (Wildman–Crippen LogP) is 7.37. The van der Waals surface area contributed by atoms with Crippen LogP contribution in [0, 0.1) is 5.82 Å². The second-order valence-corrected chi connectivity index (χ2v) is 11.3. The minimum absolute atomic E-state index is 0.174. The van der Waals surface area contributed by atoms with E-state index >= 15 is 0 Å². The van der Waals surface area contributed by atoms with Gasteiger partial charge in [-0.3, -0.25) is 9.36 Å². The van der Waals surface area contributed by atoms with Gasteiger partial charge in [0.25, 0.3) is 5.91 Å². The number of benzene rings is 3. The topological polar surface area (TPSA) is 85.8 Å². The molecule has 3 aromatic heterocycles. The van der Waals surface area contributed by atoms with Crippen molar-refractivity contribution in [2.24, 2.45) is 0 Å². The highest BCUT2D eigenvalue weighted by Gasteiger charge is 2.21. The zero-order chi connectivity index (χ0) is 28.7. The molecule has 0 saturated carbocycles. The van der Waals surface area contributed by atoms with Crippen molar-refractivity contribution < 1.29 is 13.6 Å². The first-order chi connectivity index (χ1) is 20.7. The Labute approximate surface area is 250 Å². The fraction of sp³-hybridized carbons (Fsp3) is 0.125. The Morgan fingerprint density at radius 1 is 0.929 bits per heavy atom. The van der Waals surface area contributed by atoms with Crippen molar-refractivity contribution in [2.75, 3.05) is 6.54 Å². The lowest BCUT2D eigenvalue weighted by molar-refractivity contribution is 0.0948. The van der Waals surface area contributed by atoms with Crippen LogP contribution in [0.15, 0.2) is 118 Å². The van der Waals surface area contributed by atoms with Crippen molar-refractivity contribution in [2.45, 2.75) is 23.2 Å². The molecule has 1 N–H and O–H groups in total. The molecular weight excluding hydrogens is 570 g/mol. The minimum Gasteiger partial charge on any atom is -0.461 e. The summed E-state index contributed by atoms with van der Waals surface area (Å²) in [5, 5.41) is 14.6. The van der Waals surface area contributed by atoms with Crippen LogP contribution in [0.2, 0.25) is 0 Å². The molecule has 42 heavy (non-hydrogen) atoms. The van der Waals surface area contributed by atoms with Crippen molar-refractivity contribution in [1.82, 2.24) is 25.1 Å². The number of aromatic nitrogens is 4. The van der Waals surface area contributed by atoms with E-state index in [0.717, 1.165) is 11.4 Å². The summed E-state index contributed by atoms with van der Waals surface area (Å²) in [5.41, 5.74) is 3.12. The average Bonchev–Trinajstić information content (AvgIpc) is 3.81. The smallest absolute Gasteiger partial charge is 0.270 e. The first-order valence-electron chi connectivity index (χ1n) is 13.4. The molecule has 0 aliphatic heterocycles. The third kappa shape index (κ3) is 6.19. The summed E-state index contributed by atoms with van der Waals surface area (Å²) in [6.07, 6.45) is 2.30. The first kappa shape index (κ1) is 27.6. The minimum atomic E-state index is -0.401. The molecular formula is C32H26FN5O2S2. The summed E-state index contributed by atoms with van der Waals surface area (Å²) in [6, 6.07) is 30.6. The molecule has 210 valence electrons. The number of furan rings is 1. The van der Waals surface area contributed by atoms with Gasteiger partial charge in [-0.05, 0) is 41.8 Å². The van der Waals surface area contributed by atoms with Crippen molar-refractivity contribution in [3.05, 3.63) is 136 Å². The van der Waals surface area contributed by atoms with Crippen LogP contribution in [0.5, 0.6) is 0 Å². The van der Waals surface area contributed by atoms with Gasteiger partial charge in [-0.2, -0.15) is 0 Å². The normalized spacial score (nSPS) is 11.2. The van der Waals surface area contributed by atoms with E-state index in [4.69, 9.17) is 4.42 Å². The van der Waals surface area contributed by atoms with Crippen molar-refractivity contribution in [3.8, 4) is 17.3 Å². The molecule has 0 spiro atoms. The average molecular weight is 596 g/mol. The highest BCUT2D eigenvalue weighted by atomic mass is 32.2. The standard InChI is InChI=1S/C32H26FN5O2S2/c33-25-14-7-8-15-27(25)38-30(28-16-9-19-40-28)36-37-32(38)42-21-29-35-26(20-41-29)31(39)34-18-17-24(22-10-3-1-4-11-22)23-12-5-2-6-13-23/h1-16,19-20,24H,17-18,21H2,(H,34,39). The second kappa shape index (κ2) is 13.0. The van der Waals surface area contributed by atoms with Crippen LogP contribution in [0.3, 0.4) is 0 Å². The number of amides is 1. The summed E-state index contributed by atoms with van der Waals surface area (Å²) in [5.74, 6) is 0.878. The maximum absolute atomic E-state index is 14.8. The van der Waals surface area contributed by atoms with E-state index in [2.05, 4.69) is 44.8 Å². The molecule has 6 rings (SSSR count). The Bertz CT molecular complexity index is 1710. The molecule has 0 fully saturated rings. The lowest BCUT2D eigenvalue weighted by Crippen LogP contribution is -2.26. The number of nitrogens with one attached hydrogen (secondary N) is 1. The van der Waals surface area contributed by atoms with Crippen molar-refractivity contribution >= 4 is 29.0 Å². The molecule has 0 radical (unpaired) electrons. The van der Waals surface area contributed by atoms with Crippen molar-refractivity contribution in [1.29, 1.82) is 0 Å². The lowest BCUT2D eigenvalue weighted by atomic mass is 9.88. The summed E-state index contributed by atoms with van der Waals surface area (Å²) in [7, 11) is 0. The van der Waals surface area contributed by atoms with Gasteiger partial charge in [0.1, 0.15) is 16.5 Å². The molecule has 0 atom stereocenters. The number of hydrogen-bond acceptors (Lipinski definition) is 7. The van der Waals surface area contributed by atoms with Crippen molar-refractivity contribution in [3.63, 3.8) is 0 Å². The largest absolute Gasteiger partial charge is 0.461 e. The van der Waals surface area contributed by atoms with Gasteiger partial charge in [0, 0.05) is 17.8 Å². The van der Waals surface area contributed by atoms with Gasteiger partial charge in [0.2, 0.25) is 5.82 Å². The van der Waals surface area contributed by atoms with Crippen LogP contribution in [0.4, 0.5) is 4.39 Å². The molecule has 0 aliphatic carbocycles. The fourth-order valence-electron chi connectivity index (χ4n) is 4.70. The Kier molecular flexibility index (Phi) is 8.53. The van der Waals surface area contributed by atoms with E-state index in [1.165, 1.54) is 46.6 Å². The van der Waals surface area contributed by atoms with E-state index in [9.17, 15) is 9.18 Å². The van der Waals surface area contributed by atoms with E-state index in [1.807, 2.05) is 36.4 Å². The number of halogens is 1. The second-order valence-electron chi connectivity index (χ2n) is 9.40. The summed E-state index contributed by atoms with van der Waals surface area (Å²) < 4.78 is 21.9. The quantitative estimate of drug-likeness (QED) is 0.158. The zero-order valence-electron chi connectivity index (χ0n) is 22.4. The first-order valence-corrected chi connectivity index (χ1v) is 15.2. The van der Waals surface area contributed by atoms with Gasteiger partial charge < -0.3 is 9.73 Å². The van der Waals surface area contributed by atoms with Crippen LogP contribution < -0.4 is 5.32 Å². The predicted molar refractivity (Wildman–Crippen MR) is 162 cm³/mol. The highest BCUT2D eigenvalue weighted by Crippen LogP contribution is 2.32. The number of carbonyl (C=O) groups excluding carboxylic acids is 1. The van der Waals surface area contributed by atoms with Crippen LogP contribution in [0.1, 0.15) is 39.0 Å². The molecule has 3 aromatic carbocycles. The summed E-state index contributed by atoms with van der Waals surface area (Å²) in [6.45, 7) is 0.510. The lowest BCUT2D eigenvalue weighted by Gasteiger charge is -2.18. The molecule has 0 bridgehead atoms. The molecule has 0 saturated heterocycles. The number of thioether (sulfide) groups is 1.